The van der Waals surface area contributed by atoms with Gasteiger partial charge in [-0.05, 0) is 37.8 Å². The molecule has 6 heteroatoms. The first-order valence-corrected chi connectivity index (χ1v) is 8.42. The average molecular weight is 343 g/mol. The zero-order valence-electron chi connectivity index (χ0n) is 11.6. The van der Waals surface area contributed by atoms with Crippen LogP contribution in [-0.2, 0) is 0 Å². The number of amides is 1. The number of thiophene rings is 1. The quantitative estimate of drug-likeness (QED) is 0.879. The van der Waals surface area contributed by atoms with E-state index in [0.29, 0.717) is 27.4 Å². The Bertz CT molecular complexity index is 711. The Hall–Kier alpha value is -0.810. The fourth-order valence-corrected chi connectivity index (χ4v) is 4.23. The van der Waals surface area contributed by atoms with Gasteiger partial charge in [-0.3, -0.25) is 4.79 Å². The van der Waals surface area contributed by atoms with E-state index < -0.39 is 0 Å². The van der Waals surface area contributed by atoms with Crippen molar-refractivity contribution in [3.8, 4) is 0 Å². The van der Waals surface area contributed by atoms with Crippen molar-refractivity contribution in [2.45, 2.75) is 25.3 Å². The first-order chi connectivity index (χ1) is 9.94. The Kier molecular flexibility index (Phi) is 3.91. The third kappa shape index (κ3) is 2.78. The second kappa shape index (κ2) is 5.43. The molecule has 1 amide bonds. The van der Waals surface area contributed by atoms with E-state index in [0.717, 1.165) is 22.9 Å². The fraction of sp³-hybridized carbons (Fsp3) is 0.400. The summed E-state index contributed by atoms with van der Waals surface area (Å²) in [4.78, 5) is 13.1. The molecular formula is C15H16Cl2N2OS. The SMILES string of the molecule is CC(CN)(NC(=O)c1sc2cc(Cl)ccc2c1Cl)C1CC1. The minimum atomic E-state index is -0.353. The van der Waals surface area contributed by atoms with Crippen molar-refractivity contribution >= 4 is 50.5 Å². The van der Waals surface area contributed by atoms with Crippen molar-refractivity contribution in [3.05, 3.63) is 33.1 Å². The molecule has 1 saturated carbocycles. The summed E-state index contributed by atoms with van der Waals surface area (Å²) in [6.07, 6.45) is 2.23. The lowest BCUT2D eigenvalue weighted by Gasteiger charge is -2.29. The van der Waals surface area contributed by atoms with Gasteiger partial charge in [0, 0.05) is 21.7 Å². The summed E-state index contributed by atoms with van der Waals surface area (Å²) < 4.78 is 0.915. The molecular weight excluding hydrogens is 327 g/mol. The summed E-state index contributed by atoms with van der Waals surface area (Å²) in [7, 11) is 0. The molecule has 0 radical (unpaired) electrons. The summed E-state index contributed by atoms with van der Waals surface area (Å²) in [5, 5.41) is 5.05. The van der Waals surface area contributed by atoms with E-state index in [9.17, 15) is 4.79 Å². The summed E-state index contributed by atoms with van der Waals surface area (Å²) in [5.41, 5.74) is 5.49. The molecule has 112 valence electrons. The van der Waals surface area contributed by atoms with Crippen LogP contribution in [0.3, 0.4) is 0 Å². The van der Waals surface area contributed by atoms with Gasteiger partial charge in [0.05, 0.1) is 10.6 Å². The van der Waals surface area contributed by atoms with Crippen LogP contribution in [0.25, 0.3) is 10.1 Å². The minimum Gasteiger partial charge on any atom is -0.345 e. The molecule has 0 aliphatic heterocycles. The molecule has 0 bridgehead atoms. The van der Waals surface area contributed by atoms with E-state index in [1.807, 2.05) is 19.1 Å². The molecule has 0 spiro atoms. The summed E-state index contributed by atoms with van der Waals surface area (Å²) in [5.74, 6) is 0.311. The number of nitrogens with one attached hydrogen (secondary N) is 1. The van der Waals surface area contributed by atoms with E-state index in [1.165, 1.54) is 11.3 Å². The number of hydrogen-bond donors (Lipinski definition) is 2. The van der Waals surface area contributed by atoms with Gasteiger partial charge in [-0.15, -0.1) is 11.3 Å². The van der Waals surface area contributed by atoms with Crippen molar-refractivity contribution < 1.29 is 4.79 Å². The van der Waals surface area contributed by atoms with Gasteiger partial charge in [-0.25, -0.2) is 0 Å². The van der Waals surface area contributed by atoms with Crippen LogP contribution in [0.15, 0.2) is 18.2 Å². The number of benzene rings is 1. The summed E-state index contributed by atoms with van der Waals surface area (Å²) in [6.45, 7) is 2.43. The number of carbonyl (C=O) groups is 1. The maximum atomic E-state index is 12.6. The van der Waals surface area contributed by atoms with Gasteiger partial charge < -0.3 is 11.1 Å². The molecule has 1 unspecified atom stereocenters. The Morgan fingerprint density at radius 1 is 1.48 bits per heavy atom. The van der Waals surface area contributed by atoms with E-state index in [2.05, 4.69) is 5.32 Å². The van der Waals surface area contributed by atoms with Crippen LogP contribution in [0.2, 0.25) is 10.0 Å². The number of nitrogens with two attached hydrogens (primary N) is 1. The number of fused-ring (bicyclic) bond motifs is 1. The third-order valence-corrected chi connectivity index (χ3v) is 5.99. The molecule has 3 nitrogen and oxygen atoms in total. The number of carbonyl (C=O) groups excluding carboxylic acids is 1. The highest BCUT2D eigenvalue weighted by atomic mass is 35.5. The van der Waals surface area contributed by atoms with E-state index in [4.69, 9.17) is 28.9 Å². The van der Waals surface area contributed by atoms with Gasteiger partial charge in [0.2, 0.25) is 0 Å². The summed E-state index contributed by atoms with van der Waals surface area (Å²) in [6, 6.07) is 5.45. The highest BCUT2D eigenvalue weighted by molar-refractivity contribution is 7.21. The van der Waals surface area contributed by atoms with Crippen LogP contribution in [-0.4, -0.2) is 18.0 Å². The molecule has 3 N–H and O–H groups in total. The molecule has 3 rings (SSSR count). The lowest BCUT2D eigenvalue weighted by atomic mass is 9.96. The predicted octanol–water partition coefficient (Wildman–Crippen LogP) is 4.07. The van der Waals surface area contributed by atoms with Crippen LogP contribution in [0.1, 0.15) is 29.4 Å². The van der Waals surface area contributed by atoms with Crippen LogP contribution in [0.5, 0.6) is 0 Å². The van der Waals surface area contributed by atoms with Gasteiger partial charge in [-0.2, -0.15) is 0 Å². The topological polar surface area (TPSA) is 55.1 Å². The van der Waals surface area contributed by atoms with Crippen LogP contribution in [0, 0.1) is 5.92 Å². The Labute approximate surface area is 137 Å². The standard InChI is InChI=1S/C15H16Cl2N2OS/c1-15(7-18,8-2-3-8)19-14(20)13-12(17)10-5-4-9(16)6-11(10)21-13/h4-6,8H,2-3,7,18H2,1H3,(H,19,20). The third-order valence-electron chi connectivity index (χ3n) is 4.10. The van der Waals surface area contributed by atoms with Gasteiger partial charge in [0.25, 0.3) is 5.91 Å². The van der Waals surface area contributed by atoms with Gasteiger partial charge in [0.15, 0.2) is 0 Å². The molecule has 1 aromatic carbocycles. The zero-order valence-corrected chi connectivity index (χ0v) is 13.9. The van der Waals surface area contributed by atoms with Gasteiger partial charge in [0.1, 0.15) is 4.88 Å². The van der Waals surface area contributed by atoms with Crippen LogP contribution < -0.4 is 11.1 Å². The van der Waals surface area contributed by atoms with Gasteiger partial charge >= 0.3 is 0 Å². The highest BCUT2D eigenvalue weighted by Crippen LogP contribution is 2.40. The maximum absolute atomic E-state index is 12.6. The van der Waals surface area contributed by atoms with Crippen LogP contribution in [0.4, 0.5) is 0 Å². The lowest BCUT2D eigenvalue weighted by molar-refractivity contribution is 0.0902. The maximum Gasteiger partial charge on any atom is 0.263 e. The van der Waals surface area contributed by atoms with Crippen molar-refractivity contribution in [2.24, 2.45) is 11.7 Å². The number of rotatable bonds is 4. The second-order valence-electron chi connectivity index (χ2n) is 5.74. The predicted molar refractivity (Wildman–Crippen MR) is 89.5 cm³/mol. The normalized spacial score (nSPS) is 17.7. The Morgan fingerprint density at radius 3 is 2.81 bits per heavy atom. The second-order valence-corrected chi connectivity index (χ2v) is 7.60. The lowest BCUT2D eigenvalue weighted by Crippen LogP contribution is -2.53. The molecule has 1 aromatic heterocycles. The molecule has 1 fully saturated rings. The largest absolute Gasteiger partial charge is 0.345 e. The summed E-state index contributed by atoms with van der Waals surface area (Å²) >= 11 is 13.7. The fourth-order valence-electron chi connectivity index (χ4n) is 2.54. The molecule has 2 aromatic rings. The van der Waals surface area contributed by atoms with E-state index in [-0.39, 0.29) is 11.4 Å². The highest BCUT2D eigenvalue weighted by Gasteiger charge is 2.42. The monoisotopic (exact) mass is 342 g/mol. The van der Waals surface area contributed by atoms with E-state index in [1.54, 1.807) is 6.07 Å². The smallest absolute Gasteiger partial charge is 0.263 e. The van der Waals surface area contributed by atoms with Crippen molar-refractivity contribution in [2.75, 3.05) is 6.54 Å². The Morgan fingerprint density at radius 2 is 2.19 bits per heavy atom. The Balaban J connectivity index is 1.92. The van der Waals surface area contributed by atoms with Crippen molar-refractivity contribution in [1.82, 2.24) is 5.32 Å². The zero-order chi connectivity index (χ0) is 15.2. The van der Waals surface area contributed by atoms with Crippen molar-refractivity contribution in [1.29, 1.82) is 0 Å². The molecule has 1 aliphatic rings. The molecule has 1 aliphatic carbocycles. The first-order valence-electron chi connectivity index (χ1n) is 6.85. The average Bonchev–Trinajstić information content (AvgIpc) is 3.25. The first kappa shape index (κ1) is 15.1. The molecule has 1 heterocycles. The number of halogens is 2. The number of hydrogen-bond acceptors (Lipinski definition) is 3. The molecule has 21 heavy (non-hydrogen) atoms. The molecule has 1 atom stereocenters. The molecule has 0 saturated heterocycles. The van der Waals surface area contributed by atoms with E-state index >= 15 is 0 Å². The van der Waals surface area contributed by atoms with Crippen LogP contribution >= 0.6 is 34.5 Å². The van der Waals surface area contributed by atoms with Crippen molar-refractivity contribution in [3.63, 3.8) is 0 Å². The van der Waals surface area contributed by atoms with Gasteiger partial charge in [-0.1, -0.05) is 29.3 Å². The minimum absolute atomic E-state index is 0.155.